The molecular formula is C29H36N4O5S2. The van der Waals surface area contributed by atoms with E-state index in [1.54, 1.807) is 12.1 Å². The summed E-state index contributed by atoms with van der Waals surface area (Å²) in [7, 11) is -2.36. The molecule has 9 nitrogen and oxygen atoms in total. The largest absolute Gasteiger partial charge is 0.389 e. The Morgan fingerprint density at radius 1 is 1.15 bits per heavy atom. The zero-order valence-electron chi connectivity index (χ0n) is 22.9. The maximum atomic E-state index is 12.9. The fourth-order valence-corrected chi connectivity index (χ4v) is 6.50. The van der Waals surface area contributed by atoms with E-state index in [0.29, 0.717) is 5.69 Å². The Kier molecular flexibility index (Phi) is 9.94. The Bertz CT molecular complexity index is 1510. The Hall–Kier alpha value is -2.85. The fraction of sp³-hybridized carbons (Fsp3) is 0.414. The number of fused-ring (bicyclic) bond motifs is 1. The highest BCUT2D eigenvalue weighted by molar-refractivity contribution is 7.94. The first-order valence-corrected chi connectivity index (χ1v) is 15.8. The average Bonchev–Trinajstić information content (AvgIpc) is 3.31. The molecule has 0 spiro atoms. The molecule has 4 rings (SSSR count). The lowest BCUT2D eigenvalue weighted by molar-refractivity contribution is -0.0418. The number of sulfonamides is 1. The monoisotopic (exact) mass is 584 g/mol. The highest BCUT2D eigenvalue weighted by atomic mass is 32.2. The molecule has 0 amide bonds. The van der Waals surface area contributed by atoms with E-state index in [4.69, 9.17) is 4.18 Å². The van der Waals surface area contributed by atoms with Crippen molar-refractivity contribution < 1.29 is 22.8 Å². The molecule has 2 heterocycles. The van der Waals surface area contributed by atoms with Gasteiger partial charge in [0.25, 0.3) is 10.0 Å². The number of allylic oxidation sites excluding steroid dienone is 1. The summed E-state index contributed by atoms with van der Waals surface area (Å²) in [6.45, 7) is 6.14. The van der Waals surface area contributed by atoms with E-state index in [0.717, 1.165) is 60.0 Å². The van der Waals surface area contributed by atoms with Crippen molar-refractivity contribution in [3.8, 4) is 17.3 Å². The molecule has 1 aromatic heterocycles. The molecule has 1 fully saturated rings. The summed E-state index contributed by atoms with van der Waals surface area (Å²) >= 11 is 0.961. The van der Waals surface area contributed by atoms with Crippen LogP contribution >= 0.6 is 12.0 Å². The predicted molar refractivity (Wildman–Crippen MR) is 161 cm³/mol. The molecule has 0 saturated carbocycles. The topological polar surface area (TPSA) is 128 Å². The average molecular weight is 585 g/mol. The van der Waals surface area contributed by atoms with Gasteiger partial charge in [0.05, 0.1) is 6.10 Å². The highest BCUT2D eigenvalue weighted by Gasteiger charge is 2.33. The molecule has 0 aliphatic carbocycles. The summed E-state index contributed by atoms with van der Waals surface area (Å²) in [6, 6.07) is 18.2. The summed E-state index contributed by atoms with van der Waals surface area (Å²) in [4.78, 5) is 1.94. The van der Waals surface area contributed by atoms with Gasteiger partial charge in [0.1, 0.15) is 18.3 Å². The molecule has 3 N–H and O–H groups in total. The number of nitriles is 1. The number of aliphatic hydroxyl groups is 2. The predicted octanol–water partition coefficient (Wildman–Crippen LogP) is 4.02. The summed E-state index contributed by atoms with van der Waals surface area (Å²) in [5.74, 6) is 0.193. The first-order chi connectivity index (χ1) is 19.2. The molecule has 11 heteroatoms. The first kappa shape index (κ1) is 30.1. The third-order valence-corrected chi connectivity index (χ3v) is 9.19. The zero-order chi connectivity index (χ0) is 28.9. The Morgan fingerprint density at radius 2 is 1.85 bits per heavy atom. The minimum Gasteiger partial charge on any atom is -0.389 e. The van der Waals surface area contributed by atoms with Crippen molar-refractivity contribution in [3.05, 3.63) is 59.1 Å². The molecule has 2 aromatic carbocycles. The third kappa shape index (κ3) is 6.71. The lowest BCUT2D eigenvalue weighted by Gasteiger charge is -2.30. The van der Waals surface area contributed by atoms with Crippen LogP contribution in [0.3, 0.4) is 0 Å². The van der Waals surface area contributed by atoms with E-state index < -0.39 is 33.2 Å². The number of anilines is 1. The molecule has 0 unspecified atom stereocenters. The van der Waals surface area contributed by atoms with Crippen molar-refractivity contribution in [2.24, 2.45) is 7.05 Å². The standard InChI is InChI=1S/C29H36N4O5S2/c1-4-12-33(13-5-2)24-9-8-20-14-22(7-6-21(20)15-24)26-11-10-23(32(26)3)16-25(17-30)40(36,37)31-18-28-29(35)27(34)19-39-38-28/h6-11,14-16,27-29,31,34-35H,4-5,12-13,18-19H2,1-3H3/b25-16+/t27-,28-,29+/m1/s1. The molecule has 40 heavy (non-hydrogen) atoms. The number of rotatable bonds is 11. The van der Waals surface area contributed by atoms with Crippen LogP contribution in [0.5, 0.6) is 0 Å². The highest BCUT2D eigenvalue weighted by Crippen LogP contribution is 2.29. The van der Waals surface area contributed by atoms with Crippen LogP contribution in [0.4, 0.5) is 5.69 Å². The van der Waals surface area contributed by atoms with Gasteiger partial charge in [-0.3, -0.25) is 0 Å². The van der Waals surface area contributed by atoms with Gasteiger partial charge < -0.3 is 23.9 Å². The number of aliphatic hydroxyl groups excluding tert-OH is 2. The number of nitrogens with zero attached hydrogens (tertiary/aromatic N) is 3. The number of benzene rings is 2. The van der Waals surface area contributed by atoms with Gasteiger partial charge in [0.15, 0.2) is 4.91 Å². The van der Waals surface area contributed by atoms with Crippen molar-refractivity contribution in [2.75, 3.05) is 30.3 Å². The molecule has 1 aliphatic heterocycles. The number of hydrogen-bond donors (Lipinski definition) is 3. The van der Waals surface area contributed by atoms with Gasteiger partial charge >= 0.3 is 0 Å². The summed E-state index contributed by atoms with van der Waals surface area (Å²) in [5, 5.41) is 31.7. The van der Waals surface area contributed by atoms with Crippen LogP contribution in [-0.4, -0.2) is 66.9 Å². The molecule has 214 valence electrons. The molecule has 1 aliphatic rings. The van der Waals surface area contributed by atoms with Crippen molar-refractivity contribution in [3.63, 3.8) is 0 Å². The normalized spacial score (nSPS) is 20.0. The van der Waals surface area contributed by atoms with Gasteiger partial charge in [-0.2, -0.15) is 5.26 Å². The second-order valence-electron chi connectivity index (χ2n) is 9.89. The Labute approximate surface area is 240 Å². The SMILES string of the molecule is CCCN(CCC)c1ccc2cc(-c3ccc(/C=C(\C#N)S(=O)(=O)NC[C@H]4OSC[C@@H](O)[C@@H]4O)n3C)ccc2c1. The summed E-state index contributed by atoms with van der Waals surface area (Å²) in [6.07, 6.45) is 0.317. The van der Waals surface area contributed by atoms with Gasteiger partial charge in [0.2, 0.25) is 0 Å². The second-order valence-corrected chi connectivity index (χ2v) is 12.4. The summed E-state index contributed by atoms with van der Waals surface area (Å²) < 4.78 is 35.2. The van der Waals surface area contributed by atoms with Crippen LogP contribution < -0.4 is 9.62 Å². The van der Waals surface area contributed by atoms with E-state index in [-0.39, 0.29) is 12.3 Å². The van der Waals surface area contributed by atoms with Crippen molar-refractivity contribution in [2.45, 2.75) is 45.0 Å². The van der Waals surface area contributed by atoms with Gasteiger partial charge in [0, 0.05) is 49.5 Å². The van der Waals surface area contributed by atoms with Crippen LogP contribution in [0, 0.1) is 11.3 Å². The van der Waals surface area contributed by atoms with Gasteiger partial charge in [-0.05, 0) is 77.6 Å². The Morgan fingerprint density at radius 3 is 2.55 bits per heavy atom. The third-order valence-electron chi connectivity index (χ3n) is 6.99. The van der Waals surface area contributed by atoms with Crippen molar-refractivity contribution in [1.29, 1.82) is 5.26 Å². The first-order valence-electron chi connectivity index (χ1n) is 13.4. The van der Waals surface area contributed by atoms with E-state index in [9.17, 15) is 23.9 Å². The van der Waals surface area contributed by atoms with Crippen LogP contribution in [0.1, 0.15) is 32.4 Å². The quantitative estimate of drug-likeness (QED) is 0.228. The molecule has 3 aromatic rings. The maximum absolute atomic E-state index is 12.9. The van der Waals surface area contributed by atoms with Gasteiger partial charge in [-0.15, -0.1) is 0 Å². The lowest BCUT2D eigenvalue weighted by Crippen LogP contribution is -2.48. The van der Waals surface area contributed by atoms with Crippen molar-refractivity contribution >= 4 is 44.6 Å². The molecule has 3 atom stereocenters. The fourth-order valence-electron chi connectivity index (χ4n) is 4.79. The number of aromatic nitrogens is 1. The van der Waals surface area contributed by atoms with E-state index in [2.05, 4.69) is 53.8 Å². The minimum absolute atomic E-state index is 0.193. The zero-order valence-corrected chi connectivity index (χ0v) is 24.6. The van der Waals surface area contributed by atoms with Gasteiger partial charge in [-0.1, -0.05) is 32.0 Å². The minimum atomic E-state index is -4.18. The molecule has 0 radical (unpaired) electrons. The van der Waals surface area contributed by atoms with Crippen molar-refractivity contribution in [1.82, 2.24) is 9.29 Å². The molecule has 0 bridgehead atoms. The maximum Gasteiger partial charge on any atom is 0.250 e. The molecular weight excluding hydrogens is 548 g/mol. The number of nitrogens with one attached hydrogen (secondary N) is 1. The van der Waals surface area contributed by atoms with Crippen LogP contribution in [0.15, 0.2) is 53.4 Å². The van der Waals surface area contributed by atoms with Crippen LogP contribution in [0.25, 0.3) is 28.1 Å². The van der Waals surface area contributed by atoms with Crippen LogP contribution in [0.2, 0.25) is 0 Å². The molecule has 1 saturated heterocycles. The van der Waals surface area contributed by atoms with E-state index in [1.165, 1.54) is 11.8 Å². The van der Waals surface area contributed by atoms with E-state index in [1.807, 2.05) is 23.7 Å². The second kappa shape index (κ2) is 13.2. The lowest BCUT2D eigenvalue weighted by atomic mass is 10.0. The van der Waals surface area contributed by atoms with Gasteiger partial charge in [-0.25, -0.2) is 13.1 Å². The van der Waals surface area contributed by atoms with Crippen LogP contribution in [-0.2, 0) is 21.3 Å². The summed E-state index contributed by atoms with van der Waals surface area (Å²) in [5.41, 5.74) is 3.61. The van der Waals surface area contributed by atoms with E-state index >= 15 is 0 Å². The Balaban J connectivity index is 1.55. The number of hydrogen-bond acceptors (Lipinski definition) is 8. The smallest absolute Gasteiger partial charge is 0.250 e.